The number of hydrogen-bond donors (Lipinski definition) is 0. The second-order valence-corrected chi connectivity index (χ2v) is 12.9. The van der Waals surface area contributed by atoms with Gasteiger partial charge in [-0.15, -0.1) is 0 Å². The van der Waals surface area contributed by atoms with E-state index in [4.69, 9.17) is 23.2 Å². The van der Waals surface area contributed by atoms with Crippen LogP contribution in [-0.4, -0.2) is 9.97 Å². The molecular formula is C46H27N3O3. The Morgan fingerprint density at radius 3 is 1.88 bits per heavy atom. The molecule has 6 nitrogen and oxygen atoms in total. The quantitative estimate of drug-likeness (QED) is 0.182. The molecule has 0 spiro atoms. The lowest BCUT2D eigenvalue weighted by Gasteiger charge is -2.26. The zero-order valence-corrected chi connectivity index (χ0v) is 27.7. The van der Waals surface area contributed by atoms with E-state index in [2.05, 4.69) is 77.7 Å². The predicted octanol–water partition coefficient (Wildman–Crippen LogP) is 13.0. The smallest absolute Gasteiger partial charge is 0.180 e. The number of rotatable bonds is 5. The van der Waals surface area contributed by atoms with Crippen molar-refractivity contribution in [2.45, 2.75) is 0 Å². The standard InChI is InChI=1S/C46H27N3O3/c1-3-13-28(14-4-1)42-45-43(33-18-8-10-23-38(33)52-45)48-46(47-42)29-25-26-39-34(27-29)41-35(20-12-24-40(41)50-39)49(30-15-5-2-6-16-30)36-21-11-19-32-31-17-7-9-22-37(31)51-44(32)36/h1-27H. The Hall–Kier alpha value is -7.18. The molecule has 11 rings (SSSR count). The average molecular weight is 670 g/mol. The van der Waals surface area contributed by atoms with Gasteiger partial charge in [-0.2, -0.15) is 0 Å². The van der Waals surface area contributed by atoms with Gasteiger partial charge in [0.05, 0.1) is 16.8 Å². The number of benzene rings is 7. The van der Waals surface area contributed by atoms with Crippen molar-refractivity contribution < 1.29 is 13.3 Å². The Morgan fingerprint density at radius 2 is 1.04 bits per heavy atom. The second-order valence-electron chi connectivity index (χ2n) is 12.9. The minimum absolute atomic E-state index is 0.610. The molecule has 0 unspecified atom stereocenters. The number of para-hydroxylation sites is 4. The van der Waals surface area contributed by atoms with Gasteiger partial charge in [0.25, 0.3) is 0 Å². The molecule has 6 heteroatoms. The van der Waals surface area contributed by atoms with Crippen molar-refractivity contribution in [2.24, 2.45) is 0 Å². The van der Waals surface area contributed by atoms with E-state index in [1.54, 1.807) is 0 Å². The highest BCUT2D eigenvalue weighted by Crippen LogP contribution is 2.47. The van der Waals surface area contributed by atoms with Crippen LogP contribution < -0.4 is 4.90 Å². The van der Waals surface area contributed by atoms with Crippen molar-refractivity contribution >= 4 is 83.0 Å². The van der Waals surface area contributed by atoms with Crippen LogP contribution in [0.1, 0.15) is 0 Å². The maximum atomic E-state index is 6.58. The van der Waals surface area contributed by atoms with Crippen LogP contribution in [0.4, 0.5) is 17.1 Å². The van der Waals surface area contributed by atoms with Crippen LogP contribution >= 0.6 is 0 Å². The van der Waals surface area contributed by atoms with Gasteiger partial charge < -0.3 is 18.2 Å². The molecule has 0 aliphatic carbocycles. The SMILES string of the molecule is c1ccc(-c2nc(-c3ccc4oc5cccc(N(c6ccccc6)c6cccc7c6oc6ccccc67)c5c4c3)nc3c2oc2ccccc23)cc1. The van der Waals surface area contributed by atoms with E-state index in [0.717, 1.165) is 94.2 Å². The lowest BCUT2D eigenvalue weighted by Crippen LogP contribution is -2.10. The zero-order chi connectivity index (χ0) is 34.2. The van der Waals surface area contributed by atoms with E-state index < -0.39 is 0 Å². The third-order valence-electron chi connectivity index (χ3n) is 9.88. The summed E-state index contributed by atoms with van der Waals surface area (Å²) in [7, 11) is 0. The lowest BCUT2D eigenvalue weighted by atomic mass is 10.0. The van der Waals surface area contributed by atoms with E-state index in [0.29, 0.717) is 11.4 Å². The van der Waals surface area contributed by atoms with E-state index in [1.165, 1.54) is 0 Å². The van der Waals surface area contributed by atoms with Gasteiger partial charge >= 0.3 is 0 Å². The van der Waals surface area contributed by atoms with Crippen molar-refractivity contribution in [3.8, 4) is 22.6 Å². The zero-order valence-electron chi connectivity index (χ0n) is 27.7. The van der Waals surface area contributed by atoms with Crippen LogP contribution in [0.2, 0.25) is 0 Å². The molecule has 0 atom stereocenters. The van der Waals surface area contributed by atoms with E-state index in [9.17, 15) is 0 Å². The summed E-state index contributed by atoms with van der Waals surface area (Å²) in [5.41, 5.74) is 11.0. The molecule has 0 saturated carbocycles. The van der Waals surface area contributed by atoms with Crippen molar-refractivity contribution in [3.63, 3.8) is 0 Å². The van der Waals surface area contributed by atoms with E-state index >= 15 is 0 Å². The highest BCUT2D eigenvalue weighted by Gasteiger charge is 2.24. The minimum atomic E-state index is 0.610. The first kappa shape index (κ1) is 28.6. The summed E-state index contributed by atoms with van der Waals surface area (Å²) >= 11 is 0. The minimum Gasteiger partial charge on any atom is -0.456 e. The fourth-order valence-electron chi connectivity index (χ4n) is 7.54. The van der Waals surface area contributed by atoms with Gasteiger partial charge in [-0.05, 0) is 66.7 Å². The Kier molecular flexibility index (Phi) is 6.15. The molecule has 0 amide bonds. The molecule has 4 heterocycles. The third kappa shape index (κ3) is 4.31. The Balaban J connectivity index is 1.17. The first-order valence-corrected chi connectivity index (χ1v) is 17.2. The van der Waals surface area contributed by atoms with Crippen LogP contribution in [0.25, 0.3) is 88.6 Å². The van der Waals surface area contributed by atoms with Gasteiger partial charge in [-0.1, -0.05) is 97.1 Å². The Morgan fingerprint density at radius 1 is 0.404 bits per heavy atom. The maximum Gasteiger partial charge on any atom is 0.180 e. The van der Waals surface area contributed by atoms with E-state index in [-0.39, 0.29) is 0 Å². The molecule has 52 heavy (non-hydrogen) atoms. The third-order valence-corrected chi connectivity index (χ3v) is 9.88. The number of nitrogens with zero attached hydrogens (tertiary/aromatic N) is 3. The first-order chi connectivity index (χ1) is 25.8. The van der Waals surface area contributed by atoms with Crippen molar-refractivity contribution in [1.29, 1.82) is 0 Å². The predicted molar refractivity (Wildman–Crippen MR) is 209 cm³/mol. The fraction of sp³-hybridized carbons (Fsp3) is 0. The molecule has 0 bridgehead atoms. The van der Waals surface area contributed by atoms with Crippen LogP contribution in [0, 0.1) is 0 Å². The summed E-state index contributed by atoms with van der Waals surface area (Å²) in [6.45, 7) is 0. The molecule has 7 aromatic carbocycles. The monoisotopic (exact) mass is 669 g/mol. The van der Waals surface area contributed by atoms with Gasteiger partial charge in [0, 0.05) is 38.4 Å². The van der Waals surface area contributed by atoms with Crippen LogP contribution in [0.3, 0.4) is 0 Å². The average Bonchev–Trinajstić information content (AvgIpc) is 3.90. The van der Waals surface area contributed by atoms with Gasteiger partial charge in [-0.25, -0.2) is 9.97 Å². The molecule has 0 aliphatic heterocycles. The van der Waals surface area contributed by atoms with Gasteiger partial charge in [-0.3, -0.25) is 0 Å². The molecule has 0 fully saturated rings. The molecule has 0 N–H and O–H groups in total. The summed E-state index contributed by atoms with van der Waals surface area (Å²) in [4.78, 5) is 12.6. The molecule has 0 aliphatic rings. The van der Waals surface area contributed by atoms with Crippen LogP contribution in [-0.2, 0) is 0 Å². The topological polar surface area (TPSA) is 68.4 Å². The van der Waals surface area contributed by atoms with Gasteiger partial charge in [0.1, 0.15) is 33.5 Å². The van der Waals surface area contributed by atoms with Crippen LogP contribution in [0.15, 0.2) is 177 Å². The number of aromatic nitrogens is 2. The Labute approximate surface area is 296 Å². The van der Waals surface area contributed by atoms with Gasteiger partial charge in [0.2, 0.25) is 0 Å². The summed E-state index contributed by atoms with van der Waals surface area (Å²) in [5.74, 6) is 0.610. The number of fused-ring (bicyclic) bond motifs is 9. The summed E-state index contributed by atoms with van der Waals surface area (Å²) in [6.07, 6.45) is 0. The lowest BCUT2D eigenvalue weighted by molar-refractivity contribution is 0.667. The first-order valence-electron chi connectivity index (χ1n) is 17.2. The van der Waals surface area contributed by atoms with Crippen LogP contribution in [0.5, 0.6) is 0 Å². The fourth-order valence-corrected chi connectivity index (χ4v) is 7.54. The largest absolute Gasteiger partial charge is 0.456 e. The molecule has 0 saturated heterocycles. The molecule has 244 valence electrons. The summed E-state index contributed by atoms with van der Waals surface area (Å²) < 4.78 is 19.5. The van der Waals surface area contributed by atoms with Gasteiger partial charge in [0.15, 0.2) is 17.0 Å². The Bertz CT molecular complexity index is 3140. The normalized spacial score (nSPS) is 11.8. The molecule has 4 aromatic heterocycles. The number of anilines is 3. The van der Waals surface area contributed by atoms with Crippen molar-refractivity contribution in [1.82, 2.24) is 9.97 Å². The summed E-state index contributed by atoms with van der Waals surface area (Å²) in [5, 5.41) is 5.04. The summed E-state index contributed by atoms with van der Waals surface area (Å²) in [6, 6.07) is 55.5. The van der Waals surface area contributed by atoms with Crippen molar-refractivity contribution in [2.75, 3.05) is 4.90 Å². The second kappa shape index (κ2) is 11.2. The number of furan rings is 3. The van der Waals surface area contributed by atoms with E-state index in [1.807, 2.05) is 91.0 Å². The molecular weight excluding hydrogens is 643 g/mol. The van der Waals surface area contributed by atoms with Crippen molar-refractivity contribution in [3.05, 3.63) is 164 Å². The highest BCUT2D eigenvalue weighted by molar-refractivity contribution is 6.16. The highest BCUT2D eigenvalue weighted by atomic mass is 16.3. The molecule has 0 radical (unpaired) electrons. The molecule has 11 aromatic rings. The number of hydrogen-bond acceptors (Lipinski definition) is 6. The maximum absolute atomic E-state index is 6.58.